The zero-order valence-corrected chi connectivity index (χ0v) is 12.0. The summed E-state index contributed by atoms with van der Waals surface area (Å²) in [5.74, 6) is -0.0598. The van der Waals surface area contributed by atoms with Crippen LogP contribution in [0.25, 0.3) is 10.9 Å². The second kappa shape index (κ2) is 5.01. The van der Waals surface area contributed by atoms with Gasteiger partial charge in [0.1, 0.15) is 5.69 Å². The van der Waals surface area contributed by atoms with E-state index in [4.69, 9.17) is 5.73 Å². The maximum atomic E-state index is 12.4. The summed E-state index contributed by atoms with van der Waals surface area (Å²) in [6.07, 6.45) is 0.266. The summed E-state index contributed by atoms with van der Waals surface area (Å²) in [7, 11) is 1.83. The molecule has 2 heterocycles. The Hall–Kier alpha value is -2.69. The molecule has 0 aliphatic carbocycles. The third-order valence-electron chi connectivity index (χ3n) is 3.47. The molecular weight excluding hydrogens is 264 g/mol. The summed E-state index contributed by atoms with van der Waals surface area (Å²) in [5, 5.41) is 5.11. The first-order valence-electron chi connectivity index (χ1n) is 6.72. The molecule has 0 bridgehead atoms. The molecule has 0 radical (unpaired) electrons. The molecule has 3 aromatic rings. The molecule has 0 aliphatic rings. The molecule has 5 nitrogen and oxygen atoms in total. The summed E-state index contributed by atoms with van der Waals surface area (Å²) in [6.45, 7) is 1.90. The van der Waals surface area contributed by atoms with Crippen molar-refractivity contribution in [3.8, 4) is 0 Å². The van der Waals surface area contributed by atoms with Gasteiger partial charge in [0.15, 0.2) is 5.78 Å². The van der Waals surface area contributed by atoms with Crippen LogP contribution in [0, 0.1) is 6.92 Å². The monoisotopic (exact) mass is 280 g/mol. The fraction of sp³-hybridized carbons (Fsp3) is 0.188. The number of aryl methyl sites for hydroxylation is 2. The third kappa shape index (κ3) is 2.50. The summed E-state index contributed by atoms with van der Waals surface area (Å²) in [5.41, 5.74) is 9.48. The van der Waals surface area contributed by atoms with E-state index in [0.29, 0.717) is 11.4 Å². The van der Waals surface area contributed by atoms with E-state index >= 15 is 0 Å². The zero-order valence-electron chi connectivity index (χ0n) is 12.0. The van der Waals surface area contributed by atoms with Gasteiger partial charge in [-0.2, -0.15) is 5.10 Å². The Bertz CT molecular complexity index is 835. The Labute approximate surface area is 122 Å². The average molecular weight is 280 g/mol. The second-order valence-corrected chi connectivity index (χ2v) is 5.11. The molecule has 0 amide bonds. The predicted octanol–water partition coefficient (Wildman–Crippen LogP) is 2.28. The Morgan fingerprint density at radius 2 is 2.05 bits per heavy atom. The van der Waals surface area contributed by atoms with E-state index in [1.165, 1.54) is 0 Å². The van der Waals surface area contributed by atoms with Crippen LogP contribution in [0.3, 0.4) is 0 Å². The van der Waals surface area contributed by atoms with E-state index in [1.54, 1.807) is 10.7 Å². The molecule has 0 atom stereocenters. The van der Waals surface area contributed by atoms with Crippen LogP contribution in [0.5, 0.6) is 0 Å². The lowest BCUT2D eigenvalue weighted by molar-refractivity contribution is 0.0986. The molecule has 5 heteroatoms. The van der Waals surface area contributed by atoms with Gasteiger partial charge in [0.2, 0.25) is 0 Å². The van der Waals surface area contributed by atoms with Crippen molar-refractivity contribution in [1.29, 1.82) is 0 Å². The van der Waals surface area contributed by atoms with Crippen LogP contribution in [0.4, 0.5) is 5.69 Å². The number of pyridine rings is 1. The van der Waals surface area contributed by atoms with Gasteiger partial charge in [-0.3, -0.25) is 9.48 Å². The number of hydrogen-bond donors (Lipinski definition) is 1. The van der Waals surface area contributed by atoms with Gasteiger partial charge in [-0.05, 0) is 25.1 Å². The van der Waals surface area contributed by atoms with Crippen LogP contribution in [0.15, 0.2) is 36.4 Å². The number of para-hydroxylation sites is 1. The van der Waals surface area contributed by atoms with Crippen molar-refractivity contribution in [1.82, 2.24) is 14.8 Å². The smallest absolute Gasteiger partial charge is 0.187 e. The van der Waals surface area contributed by atoms with Crippen molar-refractivity contribution in [3.63, 3.8) is 0 Å². The van der Waals surface area contributed by atoms with Crippen LogP contribution in [0.2, 0.25) is 0 Å². The third-order valence-corrected chi connectivity index (χ3v) is 3.47. The number of aromatic nitrogens is 3. The number of nitrogens with two attached hydrogens (primary N) is 1. The lowest BCUT2D eigenvalue weighted by Gasteiger charge is -2.06. The molecule has 106 valence electrons. The molecule has 0 saturated carbocycles. The van der Waals surface area contributed by atoms with Gasteiger partial charge in [0.05, 0.1) is 17.6 Å². The molecule has 2 aromatic heterocycles. The summed E-state index contributed by atoms with van der Waals surface area (Å²) in [4.78, 5) is 16.8. The Morgan fingerprint density at radius 1 is 1.29 bits per heavy atom. The van der Waals surface area contributed by atoms with Crippen LogP contribution in [-0.2, 0) is 13.5 Å². The number of nitrogen functional groups attached to an aromatic ring is 1. The number of rotatable bonds is 3. The highest BCUT2D eigenvalue weighted by Crippen LogP contribution is 2.21. The van der Waals surface area contributed by atoms with E-state index < -0.39 is 0 Å². The summed E-state index contributed by atoms with van der Waals surface area (Å²) in [6, 6.07) is 11.1. The van der Waals surface area contributed by atoms with Gasteiger partial charge >= 0.3 is 0 Å². The Kier molecular flexibility index (Phi) is 3.17. The predicted molar refractivity (Wildman–Crippen MR) is 82.1 cm³/mol. The van der Waals surface area contributed by atoms with E-state index in [-0.39, 0.29) is 12.2 Å². The van der Waals surface area contributed by atoms with Crippen molar-refractivity contribution in [3.05, 3.63) is 53.5 Å². The highest BCUT2D eigenvalue weighted by molar-refractivity contribution is 6.01. The minimum absolute atomic E-state index is 0.0598. The highest BCUT2D eigenvalue weighted by atomic mass is 16.1. The fourth-order valence-electron chi connectivity index (χ4n) is 2.43. The number of carbonyl (C=O) groups is 1. The maximum absolute atomic E-state index is 12.4. The molecule has 0 unspecified atom stereocenters. The molecule has 3 rings (SSSR count). The number of nitrogens with zero attached hydrogens (tertiary/aromatic N) is 3. The first-order valence-corrected chi connectivity index (χ1v) is 6.72. The van der Waals surface area contributed by atoms with E-state index in [2.05, 4.69) is 10.1 Å². The maximum Gasteiger partial charge on any atom is 0.187 e. The highest BCUT2D eigenvalue weighted by Gasteiger charge is 2.14. The quantitative estimate of drug-likeness (QED) is 0.747. The van der Waals surface area contributed by atoms with Crippen LogP contribution in [0.1, 0.15) is 21.9 Å². The average Bonchev–Trinajstić information content (AvgIpc) is 2.77. The molecule has 0 spiro atoms. The number of fused-ring (bicyclic) bond motifs is 1. The molecular formula is C16H16N4O. The van der Waals surface area contributed by atoms with Crippen molar-refractivity contribution < 1.29 is 4.79 Å². The number of Topliss-reactive ketones (excluding diaryl/α,β-unsaturated/α-hetero) is 1. The minimum Gasteiger partial charge on any atom is -0.398 e. The standard InChI is InChI=1S/C16H16N4O/c1-10-7-11(20(2)19-10)8-16(21)15-9-13(17)12-5-3-4-6-14(12)18-15/h3-7,9H,8H2,1-2H3,(H2,17,18). The van der Waals surface area contributed by atoms with Crippen LogP contribution >= 0.6 is 0 Å². The van der Waals surface area contributed by atoms with Gasteiger partial charge in [-0.25, -0.2) is 4.98 Å². The normalized spacial score (nSPS) is 11.0. The van der Waals surface area contributed by atoms with Crippen molar-refractivity contribution >= 4 is 22.4 Å². The first kappa shape index (κ1) is 13.3. The number of anilines is 1. The lowest BCUT2D eigenvalue weighted by atomic mass is 10.1. The molecule has 2 N–H and O–H groups in total. The Morgan fingerprint density at radius 3 is 2.76 bits per heavy atom. The van der Waals surface area contributed by atoms with Crippen LogP contribution in [-0.4, -0.2) is 20.5 Å². The van der Waals surface area contributed by atoms with Crippen molar-refractivity contribution in [2.75, 3.05) is 5.73 Å². The van der Waals surface area contributed by atoms with Crippen molar-refractivity contribution in [2.45, 2.75) is 13.3 Å². The van der Waals surface area contributed by atoms with Gasteiger partial charge < -0.3 is 5.73 Å². The topological polar surface area (TPSA) is 73.8 Å². The Balaban J connectivity index is 1.96. The zero-order chi connectivity index (χ0) is 15.0. The fourth-order valence-corrected chi connectivity index (χ4v) is 2.43. The molecule has 1 aromatic carbocycles. The molecule has 0 saturated heterocycles. The number of ketones is 1. The van der Waals surface area contributed by atoms with Gasteiger partial charge in [0.25, 0.3) is 0 Å². The summed E-state index contributed by atoms with van der Waals surface area (Å²) >= 11 is 0. The SMILES string of the molecule is Cc1cc(CC(=O)c2cc(N)c3ccccc3n2)n(C)n1. The molecule has 21 heavy (non-hydrogen) atoms. The van der Waals surface area contributed by atoms with Gasteiger partial charge in [-0.1, -0.05) is 18.2 Å². The van der Waals surface area contributed by atoms with E-state index in [1.807, 2.05) is 44.3 Å². The van der Waals surface area contributed by atoms with Crippen molar-refractivity contribution in [2.24, 2.45) is 7.05 Å². The first-order chi connectivity index (χ1) is 10.0. The number of hydrogen-bond acceptors (Lipinski definition) is 4. The lowest BCUT2D eigenvalue weighted by Crippen LogP contribution is -2.10. The largest absolute Gasteiger partial charge is 0.398 e. The van der Waals surface area contributed by atoms with E-state index in [9.17, 15) is 4.79 Å². The second-order valence-electron chi connectivity index (χ2n) is 5.11. The van der Waals surface area contributed by atoms with E-state index in [0.717, 1.165) is 22.3 Å². The van der Waals surface area contributed by atoms with Gasteiger partial charge in [-0.15, -0.1) is 0 Å². The summed E-state index contributed by atoms with van der Waals surface area (Å²) < 4.78 is 1.72. The van der Waals surface area contributed by atoms with Crippen LogP contribution < -0.4 is 5.73 Å². The number of benzene rings is 1. The minimum atomic E-state index is -0.0598. The van der Waals surface area contributed by atoms with Gasteiger partial charge in [0, 0.05) is 23.8 Å². The number of carbonyl (C=O) groups excluding carboxylic acids is 1. The molecule has 0 aliphatic heterocycles. The molecule has 0 fully saturated rings.